The zero-order chi connectivity index (χ0) is 32.3. The van der Waals surface area contributed by atoms with Gasteiger partial charge in [0.1, 0.15) is 37.8 Å². The first kappa shape index (κ1) is 35.1. The monoisotopic (exact) mass is 662 g/mol. The van der Waals surface area contributed by atoms with Crippen molar-refractivity contribution in [1.82, 2.24) is 9.80 Å². The lowest BCUT2D eigenvalue weighted by molar-refractivity contribution is 0.0177. The average Bonchev–Trinajstić information content (AvgIpc) is 2.97. The van der Waals surface area contributed by atoms with Crippen molar-refractivity contribution in [1.29, 1.82) is 0 Å². The topological polar surface area (TPSA) is 146 Å². The second kappa shape index (κ2) is 16.1. The van der Waals surface area contributed by atoms with Crippen LogP contribution in [0.5, 0.6) is 0 Å². The minimum Gasteiger partial charge on any atom is -0.445 e. The van der Waals surface area contributed by atoms with Crippen LogP contribution in [-0.2, 0) is 51.3 Å². The van der Waals surface area contributed by atoms with Crippen molar-refractivity contribution in [2.75, 3.05) is 38.7 Å². The summed E-state index contributed by atoms with van der Waals surface area (Å²) in [4.78, 5) is 26.2. The Kier molecular flexibility index (Phi) is 12.9. The van der Waals surface area contributed by atoms with Gasteiger partial charge >= 0.3 is 12.2 Å². The standard InChI is InChI=1S/2C14H18FNO5S/c2*1-22(18,19)21-13-7-8-16(9-12(13)15)14(17)20-10-11-5-3-2-4-6-11/h2*2-6,12-13H,7-10H2,1H3/t2*12-,13-/m10/s1. The minimum absolute atomic E-state index is 0.106. The van der Waals surface area contributed by atoms with Gasteiger partial charge in [0, 0.05) is 13.1 Å². The molecular formula is C28H36F2N2O10S2. The fourth-order valence-electron chi connectivity index (χ4n) is 4.39. The van der Waals surface area contributed by atoms with E-state index in [1.807, 2.05) is 60.7 Å². The molecule has 2 aromatic rings. The molecule has 44 heavy (non-hydrogen) atoms. The molecule has 0 aromatic heterocycles. The van der Waals surface area contributed by atoms with Gasteiger partial charge in [-0.05, 0) is 24.0 Å². The van der Waals surface area contributed by atoms with Gasteiger partial charge in [-0.2, -0.15) is 16.8 Å². The van der Waals surface area contributed by atoms with Crippen LogP contribution >= 0.6 is 0 Å². The lowest BCUT2D eigenvalue weighted by Gasteiger charge is -2.33. The molecule has 0 aliphatic carbocycles. The quantitative estimate of drug-likeness (QED) is 0.386. The van der Waals surface area contributed by atoms with E-state index in [-0.39, 0.29) is 52.2 Å². The lowest BCUT2D eigenvalue weighted by atomic mass is 10.1. The van der Waals surface area contributed by atoms with Crippen molar-refractivity contribution < 1.29 is 53.0 Å². The molecule has 0 bridgehead atoms. The van der Waals surface area contributed by atoms with E-state index in [0.717, 1.165) is 23.6 Å². The van der Waals surface area contributed by atoms with Crippen LogP contribution in [-0.4, -0.2) is 102 Å². The summed E-state index contributed by atoms with van der Waals surface area (Å²) in [6.07, 6.45) is -4.50. The van der Waals surface area contributed by atoms with E-state index in [2.05, 4.69) is 8.37 Å². The van der Waals surface area contributed by atoms with Gasteiger partial charge in [-0.1, -0.05) is 60.7 Å². The zero-order valence-electron chi connectivity index (χ0n) is 24.3. The van der Waals surface area contributed by atoms with Gasteiger partial charge in [-0.15, -0.1) is 0 Å². The summed E-state index contributed by atoms with van der Waals surface area (Å²) in [5, 5.41) is 0. The molecule has 244 valence electrons. The zero-order valence-corrected chi connectivity index (χ0v) is 25.9. The number of alkyl halides is 2. The highest BCUT2D eigenvalue weighted by Gasteiger charge is 2.36. The van der Waals surface area contributed by atoms with Crippen LogP contribution in [0.25, 0.3) is 0 Å². The molecule has 2 aromatic carbocycles. The van der Waals surface area contributed by atoms with Crippen molar-refractivity contribution in [3.05, 3.63) is 71.8 Å². The summed E-state index contributed by atoms with van der Waals surface area (Å²) in [5.41, 5.74) is 1.67. The number of carbonyl (C=O) groups is 2. The van der Waals surface area contributed by atoms with Crippen molar-refractivity contribution in [2.45, 2.75) is 50.6 Å². The highest BCUT2D eigenvalue weighted by molar-refractivity contribution is 7.86. The summed E-state index contributed by atoms with van der Waals surface area (Å²) in [5.74, 6) is 0. The Morgan fingerprint density at radius 3 is 1.32 bits per heavy atom. The normalized spacial score (nSPS) is 22.4. The van der Waals surface area contributed by atoms with Crippen molar-refractivity contribution in [3.8, 4) is 0 Å². The predicted octanol–water partition coefficient (Wildman–Crippen LogP) is 3.42. The number of benzene rings is 2. The Morgan fingerprint density at radius 1 is 0.682 bits per heavy atom. The third-order valence-electron chi connectivity index (χ3n) is 6.49. The Morgan fingerprint density at radius 2 is 1.02 bits per heavy atom. The van der Waals surface area contributed by atoms with Crippen molar-refractivity contribution in [2.24, 2.45) is 0 Å². The molecule has 0 radical (unpaired) electrons. The van der Waals surface area contributed by atoms with Crippen LogP contribution in [0.1, 0.15) is 24.0 Å². The molecule has 2 saturated heterocycles. The Hall–Kier alpha value is -3.34. The molecule has 0 saturated carbocycles. The molecule has 12 nitrogen and oxygen atoms in total. The molecule has 0 N–H and O–H groups in total. The maximum absolute atomic E-state index is 13.9. The number of likely N-dealkylation sites (tertiary alicyclic amines) is 2. The minimum atomic E-state index is -3.72. The van der Waals surface area contributed by atoms with Crippen LogP contribution in [0.4, 0.5) is 18.4 Å². The van der Waals surface area contributed by atoms with Gasteiger partial charge in [0.25, 0.3) is 20.2 Å². The smallest absolute Gasteiger partial charge is 0.410 e. The molecule has 2 heterocycles. The lowest BCUT2D eigenvalue weighted by Crippen LogP contribution is -2.48. The maximum atomic E-state index is 13.9. The van der Waals surface area contributed by atoms with Gasteiger partial charge in [0.05, 0.1) is 25.6 Å². The summed E-state index contributed by atoms with van der Waals surface area (Å²) >= 11 is 0. The molecule has 2 aliphatic heterocycles. The van der Waals surface area contributed by atoms with E-state index in [0.29, 0.717) is 0 Å². The molecule has 4 atom stereocenters. The van der Waals surface area contributed by atoms with Crippen LogP contribution in [0.3, 0.4) is 0 Å². The second-order valence-corrected chi connectivity index (χ2v) is 13.5. The number of halogens is 2. The summed E-state index contributed by atoms with van der Waals surface area (Å²) in [7, 11) is -7.43. The van der Waals surface area contributed by atoms with E-state index < -0.39 is 57.0 Å². The molecular weight excluding hydrogens is 626 g/mol. The Labute approximate surface area is 256 Å². The molecule has 2 aliphatic rings. The van der Waals surface area contributed by atoms with E-state index in [4.69, 9.17) is 9.47 Å². The highest BCUT2D eigenvalue weighted by Crippen LogP contribution is 2.21. The summed E-state index contributed by atoms with van der Waals surface area (Å²) in [6, 6.07) is 18.3. The van der Waals surface area contributed by atoms with Crippen molar-refractivity contribution >= 4 is 32.4 Å². The molecule has 0 spiro atoms. The predicted molar refractivity (Wildman–Crippen MR) is 155 cm³/mol. The first-order valence-corrected chi connectivity index (χ1v) is 17.3. The Bertz CT molecular complexity index is 1320. The van der Waals surface area contributed by atoms with E-state index in [9.17, 15) is 35.2 Å². The molecule has 16 heteroatoms. The number of piperidine rings is 2. The van der Waals surface area contributed by atoms with Gasteiger partial charge in [-0.3, -0.25) is 8.37 Å². The van der Waals surface area contributed by atoms with Gasteiger partial charge in [0.2, 0.25) is 0 Å². The van der Waals surface area contributed by atoms with E-state index in [1.165, 1.54) is 9.80 Å². The van der Waals surface area contributed by atoms with Gasteiger partial charge in [0.15, 0.2) is 0 Å². The van der Waals surface area contributed by atoms with Crippen LogP contribution < -0.4 is 0 Å². The second-order valence-electron chi connectivity index (χ2n) is 10.3. The number of amides is 2. The fourth-order valence-corrected chi connectivity index (χ4v) is 5.72. The Balaban J connectivity index is 0.000000240. The third kappa shape index (κ3) is 12.3. The van der Waals surface area contributed by atoms with E-state index in [1.54, 1.807) is 0 Å². The summed E-state index contributed by atoms with van der Waals surface area (Å²) in [6.45, 7) is 0.108. The number of carbonyl (C=O) groups excluding carboxylic acids is 2. The number of ether oxygens (including phenoxy) is 2. The number of hydrogen-bond acceptors (Lipinski definition) is 10. The number of rotatable bonds is 8. The third-order valence-corrected chi connectivity index (χ3v) is 7.68. The van der Waals surface area contributed by atoms with Gasteiger partial charge in [-0.25, -0.2) is 18.4 Å². The molecule has 0 unspecified atom stereocenters. The largest absolute Gasteiger partial charge is 0.445 e. The maximum Gasteiger partial charge on any atom is 0.410 e. The average molecular weight is 663 g/mol. The SMILES string of the molecule is CS(=O)(=O)O[C@@H]1CCN(C(=O)OCc2ccccc2)C[C@H]1F.CS(=O)(=O)O[C@H]1CCN(C(=O)OCc2ccccc2)C[C@@H]1F. The molecule has 4 rings (SSSR count). The van der Waals surface area contributed by atoms with Crippen LogP contribution in [0.15, 0.2) is 60.7 Å². The van der Waals surface area contributed by atoms with Crippen LogP contribution in [0, 0.1) is 0 Å². The first-order valence-electron chi connectivity index (χ1n) is 13.7. The molecule has 2 fully saturated rings. The summed E-state index contributed by atoms with van der Waals surface area (Å²) < 4.78 is 91.5. The van der Waals surface area contributed by atoms with Gasteiger partial charge < -0.3 is 19.3 Å². The number of nitrogens with zero attached hydrogens (tertiary/aromatic N) is 2. The highest BCUT2D eigenvalue weighted by atomic mass is 32.2. The fraction of sp³-hybridized carbons (Fsp3) is 0.500. The van der Waals surface area contributed by atoms with Crippen LogP contribution in [0.2, 0.25) is 0 Å². The van der Waals surface area contributed by atoms with E-state index >= 15 is 0 Å². The molecule has 2 amide bonds. The van der Waals surface area contributed by atoms with Crippen molar-refractivity contribution in [3.63, 3.8) is 0 Å². The first-order chi connectivity index (χ1) is 20.7. The number of hydrogen-bond donors (Lipinski definition) is 0.